The highest BCUT2D eigenvalue weighted by molar-refractivity contribution is 5.76. The fraction of sp³-hybridized carbons (Fsp3) is 0.389. The maximum absolute atomic E-state index is 12.4. The number of rotatable bonds is 5. The van der Waals surface area contributed by atoms with E-state index in [9.17, 15) is 4.79 Å². The van der Waals surface area contributed by atoms with Gasteiger partial charge in [-0.05, 0) is 31.0 Å². The highest BCUT2D eigenvalue weighted by atomic mass is 16.5. The van der Waals surface area contributed by atoms with Crippen LogP contribution in [0.4, 0.5) is 0 Å². The summed E-state index contributed by atoms with van der Waals surface area (Å²) in [5, 5.41) is 0. The van der Waals surface area contributed by atoms with Crippen molar-refractivity contribution in [1.82, 2.24) is 14.9 Å². The summed E-state index contributed by atoms with van der Waals surface area (Å²) in [6, 6.07) is 11.5. The molecule has 0 N–H and O–H groups in total. The van der Waals surface area contributed by atoms with Crippen LogP contribution in [0.15, 0.2) is 48.9 Å². The minimum absolute atomic E-state index is 0.152. The van der Waals surface area contributed by atoms with Crippen molar-refractivity contribution in [3.63, 3.8) is 0 Å². The van der Waals surface area contributed by atoms with Crippen molar-refractivity contribution in [3.05, 3.63) is 54.6 Å². The normalized spacial score (nSPS) is 17.7. The van der Waals surface area contributed by atoms with E-state index in [0.29, 0.717) is 18.9 Å². The van der Waals surface area contributed by atoms with Crippen LogP contribution in [0.1, 0.15) is 30.9 Å². The van der Waals surface area contributed by atoms with Gasteiger partial charge in [0.15, 0.2) is 0 Å². The molecule has 1 fully saturated rings. The van der Waals surface area contributed by atoms with Crippen molar-refractivity contribution in [2.45, 2.75) is 25.2 Å². The van der Waals surface area contributed by atoms with Gasteiger partial charge >= 0.3 is 0 Å². The molecule has 0 saturated carbocycles. The minimum atomic E-state index is 0.152. The predicted molar refractivity (Wildman–Crippen MR) is 87.1 cm³/mol. The molecule has 120 valence electrons. The number of ether oxygens (including phenoxy) is 1. The summed E-state index contributed by atoms with van der Waals surface area (Å²) in [5.41, 5.74) is 1.03. The lowest BCUT2D eigenvalue weighted by Crippen LogP contribution is -2.39. The molecule has 3 rings (SSSR count). The second-order valence-corrected chi connectivity index (χ2v) is 5.72. The molecule has 1 aliphatic rings. The average Bonchev–Trinajstić information content (AvgIpc) is 2.63. The van der Waals surface area contributed by atoms with Gasteiger partial charge in [-0.2, -0.15) is 0 Å². The van der Waals surface area contributed by atoms with Crippen molar-refractivity contribution < 1.29 is 9.53 Å². The number of nitrogens with zero attached hydrogens (tertiary/aromatic N) is 3. The molecule has 0 bridgehead atoms. The summed E-state index contributed by atoms with van der Waals surface area (Å²) in [4.78, 5) is 22.6. The molecule has 5 heteroatoms. The molecule has 1 unspecified atom stereocenters. The summed E-state index contributed by atoms with van der Waals surface area (Å²) in [6.45, 7) is 1.98. The molecule has 23 heavy (non-hydrogen) atoms. The lowest BCUT2D eigenvalue weighted by molar-refractivity contribution is -0.132. The molecular formula is C18H21N3O2. The number of carbonyl (C=O) groups excluding carboxylic acids is 1. The first kappa shape index (κ1) is 15.5. The number of carbonyl (C=O) groups is 1. The van der Waals surface area contributed by atoms with E-state index in [1.54, 1.807) is 12.5 Å². The maximum atomic E-state index is 12.4. The molecule has 1 aromatic heterocycles. The van der Waals surface area contributed by atoms with Crippen LogP contribution in [0.25, 0.3) is 0 Å². The van der Waals surface area contributed by atoms with Crippen LogP contribution in [0.5, 0.6) is 5.75 Å². The SMILES string of the molecule is O=C(CCOc1ccccc1)N1CCCC(c2ccncn2)C1. The molecule has 1 aromatic carbocycles. The van der Waals surface area contributed by atoms with Crippen molar-refractivity contribution in [2.75, 3.05) is 19.7 Å². The number of hydrogen-bond donors (Lipinski definition) is 0. The molecule has 0 spiro atoms. The van der Waals surface area contributed by atoms with Crippen LogP contribution >= 0.6 is 0 Å². The van der Waals surface area contributed by atoms with Crippen LogP contribution in [-0.2, 0) is 4.79 Å². The van der Waals surface area contributed by atoms with E-state index in [-0.39, 0.29) is 5.91 Å². The van der Waals surface area contributed by atoms with Crippen molar-refractivity contribution in [1.29, 1.82) is 0 Å². The van der Waals surface area contributed by atoms with E-state index < -0.39 is 0 Å². The standard InChI is InChI=1S/C18H21N3O2/c22-18(9-12-23-16-6-2-1-3-7-16)21-11-4-5-15(13-21)17-8-10-19-14-20-17/h1-3,6-8,10,14-15H,4-5,9,11-13H2. The Balaban J connectivity index is 1.49. The number of hydrogen-bond acceptors (Lipinski definition) is 4. The van der Waals surface area contributed by atoms with Gasteiger partial charge in [0.05, 0.1) is 13.0 Å². The Morgan fingerprint density at radius 3 is 2.91 bits per heavy atom. The number of benzene rings is 1. The van der Waals surface area contributed by atoms with Gasteiger partial charge in [-0.3, -0.25) is 4.79 Å². The number of piperidine rings is 1. The molecule has 1 saturated heterocycles. The Morgan fingerprint density at radius 1 is 1.26 bits per heavy atom. The van der Waals surface area contributed by atoms with Crippen LogP contribution in [0.2, 0.25) is 0 Å². The first-order valence-corrected chi connectivity index (χ1v) is 8.04. The quantitative estimate of drug-likeness (QED) is 0.852. The highest BCUT2D eigenvalue weighted by Crippen LogP contribution is 2.25. The van der Waals surface area contributed by atoms with Gasteiger partial charge in [-0.1, -0.05) is 18.2 Å². The van der Waals surface area contributed by atoms with Crippen LogP contribution in [0.3, 0.4) is 0 Å². The fourth-order valence-electron chi connectivity index (χ4n) is 2.92. The smallest absolute Gasteiger partial charge is 0.226 e. The molecule has 5 nitrogen and oxygen atoms in total. The summed E-state index contributed by atoms with van der Waals surface area (Å²) < 4.78 is 5.61. The van der Waals surface area contributed by atoms with E-state index in [2.05, 4.69) is 9.97 Å². The summed E-state index contributed by atoms with van der Waals surface area (Å²) >= 11 is 0. The van der Waals surface area contributed by atoms with Gasteiger partial charge in [0.25, 0.3) is 0 Å². The lowest BCUT2D eigenvalue weighted by Gasteiger charge is -2.32. The van der Waals surface area contributed by atoms with E-state index >= 15 is 0 Å². The number of likely N-dealkylation sites (tertiary alicyclic amines) is 1. The molecular weight excluding hydrogens is 290 g/mol. The monoisotopic (exact) mass is 311 g/mol. The Labute approximate surface area is 136 Å². The number of aromatic nitrogens is 2. The maximum Gasteiger partial charge on any atom is 0.226 e. The Bertz CT molecular complexity index is 619. The van der Waals surface area contributed by atoms with Gasteiger partial charge in [0.1, 0.15) is 12.1 Å². The van der Waals surface area contributed by atoms with Gasteiger partial charge in [0, 0.05) is 30.9 Å². The van der Waals surface area contributed by atoms with E-state index in [1.807, 2.05) is 41.3 Å². The highest BCUT2D eigenvalue weighted by Gasteiger charge is 2.25. The van der Waals surface area contributed by atoms with Crippen molar-refractivity contribution >= 4 is 5.91 Å². The molecule has 0 aliphatic carbocycles. The third kappa shape index (κ3) is 4.28. The van der Waals surface area contributed by atoms with Gasteiger partial charge < -0.3 is 9.64 Å². The van der Waals surface area contributed by atoms with E-state index in [0.717, 1.165) is 37.4 Å². The van der Waals surface area contributed by atoms with Gasteiger partial charge in [-0.15, -0.1) is 0 Å². The summed E-state index contributed by atoms with van der Waals surface area (Å²) in [5.74, 6) is 1.27. The van der Waals surface area contributed by atoms with Crippen LogP contribution in [0, 0.1) is 0 Å². The Morgan fingerprint density at radius 2 is 2.13 bits per heavy atom. The van der Waals surface area contributed by atoms with Gasteiger partial charge in [-0.25, -0.2) is 9.97 Å². The zero-order valence-corrected chi connectivity index (χ0v) is 13.1. The predicted octanol–water partition coefficient (Wildman–Crippen LogP) is 2.65. The Kier molecular flexibility index (Phi) is 5.19. The summed E-state index contributed by atoms with van der Waals surface area (Å²) in [6.07, 6.45) is 5.83. The molecule has 1 aliphatic heterocycles. The second kappa shape index (κ2) is 7.72. The van der Waals surface area contributed by atoms with Crippen molar-refractivity contribution in [3.8, 4) is 5.75 Å². The van der Waals surface area contributed by atoms with Crippen LogP contribution in [-0.4, -0.2) is 40.5 Å². The van der Waals surface area contributed by atoms with Crippen LogP contribution < -0.4 is 4.74 Å². The topological polar surface area (TPSA) is 55.3 Å². The largest absolute Gasteiger partial charge is 0.493 e. The van der Waals surface area contributed by atoms with E-state index in [4.69, 9.17) is 4.74 Å². The third-order valence-corrected chi connectivity index (χ3v) is 4.13. The first-order valence-electron chi connectivity index (χ1n) is 8.04. The molecule has 2 heterocycles. The summed E-state index contributed by atoms with van der Waals surface area (Å²) in [7, 11) is 0. The molecule has 0 radical (unpaired) electrons. The van der Waals surface area contributed by atoms with Gasteiger partial charge in [0.2, 0.25) is 5.91 Å². The molecule has 1 amide bonds. The van der Waals surface area contributed by atoms with Crippen molar-refractivity contribution in [2.24, 2.45) is 0 Å². The first-order chi connectivity index (χ1) is 11.3. The number of para-hydroxylation sites is 1. The third-order valence-electron chi connectivity index (χ3n) is 4.13. The zero-order chi connectivity index (χ0) is 15.9. The molecule has 2 aromatic rings. The molecule has 1 atom stereocenters. The second-order valence-electron chi connectivity index (χ2n) is 5.72. The number of amides is 1. The average molecular weight is 311 g/mol. The fourth-order valence-corrected chi connectivity index (χ4v) is 2.92. The Hall–Kier alpha value is -2.43. The minimum Gasteiger partial charge on any atom is -0.493 e. The lowest BCUT2D eigenvalue weighted by atomic mass is 9.94. The zero-order valence-electron chi connectivity index (χ0n) is 13.1. The van der Waals surface area contributed by atoms with E-state index in [1.165, 1.54) is 0 Å².